The third kappa shape index (κ3) is 3.92. The van der Waals surface area contributed by atoms with Crippen molar-refractivity contribution in [3.63, 3.8) is 0 Å². The number of hydrogen-bond donors (Lipinski definition) is 2. The van der Waals surface area contributed by atoms with Gasteiger partial charge in [-0.1, -0.05) is 18.2 Å². The predicted octanol–water partition coefficient (Wildman–Crippen LogP) is 0.381. The Kier molecular flexibility index (Phi) is 4.58. The first-order valence-electron chi connectivity index (χ1n) is 7.87. The van der Waals surface area contributed by atoms with Crippen LogP contribution in [0.4, 0.5) is 4.39 Å². The molecule has 1 saturated carbocycles. The van der Waals surface area contributed by atoms with Gasteiger partial charge in [0.25, 0.3) is 0 Å². The summed E-state index contributed by atoms with van der Waals surface area (Å²) in [6, 6.07) is 5.82. The van der Waals surface area contributed by atoms with E-state index < -0.39 is 21.7 Å². The summed E-state index contributed by atoms with van der Waals surface area (Å²) in [6.45, 7) is 0.0806. The molecule has 3 atom stereocenters. The molecule has 1 saturated heterocycles. The highest BCUT2D eigenvalue weighted by Gasteiger charge is 2.48. The van der Waals surface area contributed by atoms with Crippen LogP contribution in [-0.4, -0.2) is 37.8 Å². The van der Waals surface area contributed by atoms with Gasteiger partial charge in [0.2, 0.25) is 11.8 Å². The van der Waals surface area contributed by atoms with Crippen LogP contribution in [0.15, 0.2) is 24.3 Å². The second-order valence-electron chi connectivity index (χ2n) is 6.37. The van der Waals surface area contributed by atoms with E-state index in [4.69, 9.17) is 0 Å². The molecule has 6 nitrogen and oxygen atoms in total. The number of benzene rings is 1. The maximum Gasteiger partial charge on any atom is 0.224 e. The maximum absolute atomic E-state index is 13.5. The first-order chi connectivity index (χ1) is 11.4. The molecule has 1 aliphatic heterocycles. The molecular weight excluding hydrogens is 335 g/mol. The molecule has 0 bridgehead atoms. The average molecular weight is 354 g/mol. The Labute approximate surface area is 139 Å². The third-order valence-electron chi connectivity index (χ3n) is 4.45. The molecule has 3 unspecified atom stereocenters. The molecular formula is C16H19FN2O4S. The van der Waals surface area contributed by atoms with Crippen molar-refractivity contribution < 1.29 is 22.4 Å². The van der Waals surface area contributed by atoms with E-state index in [0.29, 0.717) is 18.4 Å². The van der Waals surface area contributed by atoms with Gasteiger partial charge in [-0.25, -0.2) is 12.8 Å². The van der Waals surface area contributed by atoms with Crippen LogP contribution < -0.4 is 10.6 Å². The Balaban J connectivity index is 1.45. The molecule has 24 heavy (non-hydrogen) atoms. The Morgan fingerprint density at radius 1 is 1.17 bits per heavy atom. The summed E-state index contributed by atoms with van der Waals surface area (Å²) >= 11 is 0. The molecule has 2 aliphatic rings. The molecule has 3 rings (SSSR count). The highest BCUT2D eigenvalue weighted by molar-refractivity contribution is 7.91. The van der Waals surface area contributed by atoms with Gasteiger partial charge >= 0.3 is 0 Å². The van der Waals surface area contributed by atoms with Crippen molar-refractivity contribution in [3.8, 4) is 0 Å². The van der Waals surface area contributed by atoms with Gasteiger partial charge in [-0.3, -0.25) is 9.59 Å². The summed E-state index contributed by atoms with van der Waals surface area (Å²) in [5, 5.41) is 5.34. The smallest absolute Gasteiger partial charge is 0.224 e. The highest BCUT2D eigenvalue weighted by Crippen LogP contribution is 2.39. The standard InChI is InChI=1S/C16H19FN2O4S/c17-14-4-2-1-3-10(14)8-18-15(20)12-7-13(12)16(21)19-11-5-6-24(22,23)9-11/h1-4,11-13H,5-9H2,(H,18,20)(H,19,21). The molecule has 2 amide bonds. The molecule has 1 heterocycles. The van der Waals surface area contributed by atoms with Crippen molar-refractivity contribution >= 4 is 21.7 Å². The Morgan fingerprint density at radius 2 is 1.88 bits per heavy atom. The van der Waals surface area contributed by atoms with Crippen LogP contribution in [0.25, 0.3) is 0 Å². The number of carbonyl (C=O) groups excluding carboxylic acids is 2. The zero-order chi connectivity index (χ0) is 17.3. The van der Waals surface area contributed by atoms with E-state index >= 15 is 0 Å². The van der Waals surface area contributed by atoms with Crippen molar-refractivity contribution in [2.45, 2.75) is 25.4 Å². The lowest BCUT2D eigenvalue weighted by atomic mass is 10.2. The summed E-state index contributed by atoms with van der Waals surface area (Å²) in [6.07, 6.45) is 0.860. The number of halogens is 1. The van der Waals surface area contributed by atoms with Crippen molar-refractivity contribution in [1.82, 2.24) is 10.6 Å². The first kappa shape index (κ1) is 16.9. The maximum atomic E-state index is 13.5. The minimum absolute atomic E-state index is 0.0321. The molecule has 2 N–H and O–H groups in total. The SMILES string of the molecule is O=C(NCc1ccccc1F)C1CC1C(=O)NC1CCS(=O)(=O)C1. The predicted molar refractivity (Wildman–Crippen MR) is 85.0 cm³/mol. The van der Waals surface area contributed by atoms with Gasteiger partial charge in [0, 0.05) is 18.2 Å². The number of amides is 2. The van der Waals surface area contributed by atoms with E-state index in [-0.39, 0.29) is 41.7 Å². The van der Waals surface area contributed by atoms with Gasteiger partial charge in [0.05, 0.1) is 23.3 Å². The second-order valence-corrected chi connectivity index (χ2v) is 8.60. The van der Waals surface area contributed by atoms with Crippen LogP contribution in [-0.2, 0) is 26.0 Å². The molecule has 130 valence electrons. The minimum Gasteiger partial charge on any atom is -0.352 e. The first-order valence-corrected chi connectivity index (χ1v) is 9.70. The van der Waals surface area contributed by atoms with E-state index in [2.05, 4.69) is 10.6 Å². The number of carbonyl (C=O) groups is 2. The normalized spacial score (nSPS) is 27.5. The van der Waals surface area contributed by atoms with Crippen molar-refractivity contribution in [2.75, 3.05) is 11.5 Å². The average Bonchev–Trinajstić information content (AvgIpc) is 3.26. The van der Waals surface area contributed by atoms with E-state index in [0.717, 1.165) is 0 Å². The highest BCUT2D eigenvalue weighted by atomic mass is 32.2. The zero-order valence-corrected chi connectivity index (χ0v) is 13.8. The number of sulfone groups is 1. The monoisotopic (exact) mass is 354 g/mol. The Hall–Kier alpha value is -1.96. The molecule has 1 aromatic carbocycles. The van der Waals surface area contributed by atoms with E-state index in [9.17, 15) is 22.4 Å². The third-order valence-corrected chi connectivity index (χ3v) is 6.22. The van der Waals surface area contributed by atoms with Gasteiger partial charge in [0.1, 0.15) is 5.82 Å². The fourth-order valence-electron chi connectivity index (χ4n) is 2.95. The van der Waals surface area contributed by atoms with Crippen molar-refractivity contribution in [2.24, 2.45) is 11.8 Å². The molecule has 0 aromatic heterocycles. The van der Waals surface area contributed by atoms with Crippen molar-refractivity contribution in [1.29, 1.82) is 0 Å². The van der Waals surface area contributed by atoms with Gasteiger partial charge < -0.3 is 10.6 Å². The van der Waals surface area contributed by atoms with Crippen LogP contribution in [0.3, 0.4) is 0 Å². The number of rotatable bonds is 5. The fraction of sp³-hybridized carbons (Fsp3) is 0.500. The molecule has 0 radical (unpaired) electrons. The lowest BCUT2D eigenvalue weighted by Gasteiger charge is -2.10. The second kappa shape index (κ2) is 6.51. The lowest BCUT2D eigenvalue weighted by molar-refractivity contribution is -0.127. The summed E-state index contributed by atoms with van der Waals surface area (Å²) in [5.41, 5.74) is 0.392. The van der Waals surface area contributed by atoms with Crippen LogP contribution in [0, 0.1) is 17.7 Å². The van der Waals surface area contributed by atoms with E-state index in [1.54, 1.807) is 18.2 Å². The van der Waals surface area contributed by atoms with Gasteiger partial charge in [-0.15, -0.1) is 0 Å². The van der Waals surface area contributed by atoms with Crippen LogP contribution in [0.2, 0.25) is 0 Å². The molecule has 1 aliphatic carbocycles. The summed E-state index contributed by atoms with van der Waals surface area (Å²) in [5.74, 6) is -1.72. The minimum atomic E-state index is -3.05. The van der Waals surface area contributed by atoms with Gasteiger partial charge in [-0.05, 0) is 18.9 Å². The van der Waals surface area contributed by atoms with Crippen molar-refractivity contribution in [3.05, 3.63) is 35.6 Å². The topological polar surface area (TPSA) is 92.3 Å². The Morgan fingerprint density at radius 3 is 2.54 bits per heavy atom. The number of hydrogen-bond acceptors (Lipinski definition) is 4. The lowest BCUT2D eigenvalue weighted by Crippen LogP contribution is -2.37. The quantitative estimate of drug-likeness (QED) is 0.800. The Bertz CT molecular complexity index is 765. The van der Waals surface area contributed by atoms with E-state index in [1.165, 1.54) is 6.07 Å². The van der Waals surface area contributed by atoms with E-state index in [1.807, 2.05) is 0 Å². The van der Waals surface area contributed by atoms with Crippen LogP contribution in [0.1, 0.15) is 18.4 Å². The van der Waals surface area contributed by atoms with Gasteiger partial charge in [-0.2, -0.15) is 0 Å². The molecule has 8 heteroatoms. The van der Waals surface area contributed by atoms with Crippen LogP contribution >= 0.6 is 0 Å². The molecule has 0 spiro atoms. The summed E-state index contributed by atoms with van der Waals surface area (Å²) in [4.78, 5) is 24.1. The molecule has 1 aromatic rings. The fourth-order valence-corrected chi connectivity index (χ4v) is 4.62. The number of nitrogens with one attached hydrogen (secondary N) is 2. The largest absolute Gasteiger partial charge is 0.352 e. The zero-order valence-electron chi connectivity index (χ0n) is 13.0. The van der Waals surface area contributed by atoms with Gasteiger partial charge in [0.15, 0.2) is 9.84 Å². The molecule has 2 fully saturated rings. The van der Waals surface area contributed by atoms with Crippen LogP contribution in [0.5, 0.6) is 0 Å². The summed E-state index contributed by atoms with van der Waals surface area (Å²) in [7, 11) is -3.05. The summed E-state index contributed by atoms with van der Waals surface area (Å²) < 4.78 is 36.3.